The number of hydrogen-bond acceptors (Lipinski definition) is 6. The van der Waals surface area contributed by atoms with Crippen molar-refractivity contribution in [1.82, 2.24) is 9.29 Å². The largest absolute Gasteiger partial charge is 0.497 e. The lowest BCUT2D eigenvalue weighted by Crippen LogP contribution is -2.41. The third kappa shape index (κ3) is 3.69. The van der Waals surface area contributed by atoms with Gasteiger partial charge >= 0.3 is 0 Å². The molecule has 148 valence electrons. The summed E-state index contributed by atoms with van der Waals surface area (Å²) in [5.74, 6) is 0.0279. The molecule has 0 amide bonds. The second-order valence-corrected chi connectivity index (χ2v) is 9.36. The Hall–Kier alpha value is -2.23. The fraction of sp³-hybridized carbons (Fsp3) is 0.316. The molecule has 1 aliphatic heterocycles. The van der Waals surface area contributed by atoms with Gasteiger partial charge in [0, 0.05) is 13.1 Å². The Morgan fingerprint density at radius 1 is 1.18 bits per heavy atom. The molecule has 0 unspecified atom stereocenters. The van der Waals surface area contributed by atoms with E-state index in [1.807, 2.05) is 18.2 Å². The van der Waals surface area contributed by atoms with E-state index in [9.17, 15) is 12.8 Å². The van der Waals surface area contributed by atoms with E-state index < -0.39 is 15.8 Å². The molecule has 28 heavy (non-hydrogen) atoms. The first-order chi connectivity index (χ1) is 13.5. The fourth-order valence-corrected chi connectivity index (χ4v) is 5.63. The van der Waals surface area contributed by atoms with E-state index in [0.717, 1.165) is 22.0 Å². The van der Waals surface area contributed by atoms with Crippen LogP contribution in [0.2, 0.25) is 0 Å². The average molecular weight is 423 g/mol. The number of ether oxygens (including phenoxy) is 2. The number of aromatic nitrogens is 1. The van der Waals surface area contributed by atoms with E-state index >= 15 is 0 Å². The first-order valence-corrected chi connectivity index (χ1v) is 11.1. The summed E-state index contributed by atoms with van der Waals surface area (Å²) in [7, 11) is -2.23. The highest BCUT2D eigenvalue weighted by molar-refractivity contribution is 7.89. The van der Waals surface area contributed by atoms with Gasteiger partial charge in [-0.1, -0.05) is 23.5 Å². The van der Waals surface area contributed by atoms with Gasteiger partial charge in [0.05, 0.1) is 17.3 Å². The van der Waals surface area contributed by atoms with E-state index in [1.54, 1.807) is 7.11 Å². The van der Waals surface area contributed by atoms with E-state index in [4.69, 9.17) is 9.47 Å². The summed E-state index contributed by atoms with van der Waals surface area (Å²) in [6.45, 7) is 0.556. The number of methoxy groups -OCH3 is 1. The lowest BCUT2D eigenvalue weighted by atomic mass is 10.1. The number of fused-ring (bicyclic) bond motifs is 1. The van der Waals surface area contributed by atoms with Gasteiger partial charge in [0.2, 0.25) is 10.0 Å². The summed E-state index contributed by atoms with van der Waals surface area (Å²) >= 11 is 1.43. The van der Waals surface area contributed by atoms with Gasteiger partial charge in [0.15, 0.2) is 0 Å². The SMILES string of the molecule is COc1ccc2nc(OC3CCN(S(=O)(=O)c4ccccc4F)CC3)sc2c1. The number of thiazole rings is 1. The van der Waals surface area contributed by atoms with Gasteiger partial charge in [-0.05, 0) is 43.2 Å². The number of benzene rings is 2. The van der Waals surface area contributed by atoms with Gasteiger partial charge < -0.3 is 9.47 Å². The Bertz CT molecular complexity index is 1090. The quantitative estimate of drug-likeness (QED) is 0.628. The van der Waals surface area contributed by atoms with Crippen LogP contribution in [0.1, 0.15) is 12.8 Å². The van der Waals surface area contributed by atoms with E-state index in [1.165, 1.54) is 33.8 Å². The molecular formula is C19H19FN2O4S2. The molecule has 0 bridgehead atoms. The van der Waals surface area contributed by atoms with Crippen molar-refractivity contribution >= 4 is 31.6 Å². The standard InChI is InChI=1S/C19H19FN2O4S2/c1-25-14-6-7-16-17(12-14)27-19(21-16)26-13-8-10-22(11-9-13)28(23,24)18-5-3-2-4-15(18)20/h2-7,12-13H,8-11H2,1H3. The first kappa shape index (κ1) is 19.1. The van der Waals surface area contributed by atoms with Gasteiger partial charge in [-0.15, -0.1) is 0 Å². The molecule has 0 aliphatic carbocycles. The van der Waals surface area contributed by atoms with Crippen LogP contribution < -0.4 is 9.47 Å². The molecule has 0 spiro atoms. The molecule has 2 aromatic carbocycles. The van der Waals surface area contributed by atoms with Crippen molar-refractivity contribution < 1.29 is 22.3 Å². The maximum atomic E-state index is 13.9. The van der Waals surface area contributed by atoms with Gasteiger partial charge in [0.1, 0.15) is 22.6 Å². The molecule has 0 radical (unpaired) electrons. The Morgan fingerprint density at radius 2 is 1.93 bits per heavy atom. The normalized spacial score (nSPS) is 16.4. The summed E-state index contributed by atoms with van der Waals surface area (Å²) in [4.78, 5) is 4.19. The molecule has 0 atom stereocenters. The molecular weight excluding hydrogens is 403 g/mol. The van der Waals surface area contributed by atoms with Crippen molar-refractivity contribution in [2.75, 3.05) is 20.2 Å². The third-order valence-electron chi connectivity index (χ3n) is 4.70. The minimum atomic E-state index is -3.84. The number of sulfonamides is 1. The molecule has 1 aromatic heterocycles. The van der Waals surface area contributed by atoms with Crippen LogP contribution in [0.5, 0.6) is 10.9 Å². The van der Waals surface area contributed by atoms with Crippen molar-refractivity contribution in [2.24, 2.45) is 0 Å². The summed E-state index contributed by atoms with van der Waals surface area (Å²) in [5, 5.41) is 0.554. The predicted molar refractivity (Wildman–Crippen MR) is 105 cm³/mol. The summed E-state index contributed by atoms with van der Waals surface area (Å²) < 4.78 is 52.7. The maximum Gasteiger partial charge on any atom is 0.274 e. The number of hydrogen-bond donors (Lipinski definition) is 0. The Morgan fingerprint density at radius 3 is 2.64 bits per heavy atom. The topological polar surface area (TPSA) is 68.7 Å². The molecule has 0 N–H and O–H groups in total. The van der Waals surface area contributed by atoms with Crippen molar-refractivity contribution in [3.8, 4) is 10.9 Å². The highest BCUT2D eigenvalue weighted by atomic mass is 32.2. The zero-order valence-electron chi connectivity index (χ0n) is 15.2. The molecule has 1 aliphatic rings. The smallest absolute Gasteiger partial charge is 0.274 e. The predicted octanol–water partition coefficient (Wildman–Crippen LogP) is 3.68. The monoisotopic (exact) mass is 422 g/mol. The van der Waals surface area contributed by atoms with Crippen LogP contribution in [0.3, 0.4) is 0 Å². The Balaban J connectivity index is 1.42. The number of piperidine rings is 1. The second kappa shape index (κ2) is 7.65. The van der Waals surface area contributed by atoms with Crippen LogP contribution in [-0.4, -0.2) is 44.0 Å². The first-order valence-electron chi connectivity index (χ1n) is 8.83. The van der Waals surface area contributed by atoms with Crippen LogP contribution in [0, 0.1) is 5.82 Å². The second-order valence-electron chi connectivity index (χ2n) is 6.47. The molecule has 6 nitrogen and oxygen atoms in total. The van der Waals surface area contributed by atoms with Crippen molar-refractivity contribution in [3.63, 3.8) is 0 Å². The third-order valence-corrected chi connectivity index (χ3v) is 7.54. The van der Waals surface area contributed by atoms with E-state index in [-0.39, 0.29) is 24.1 Å². The van der Waals surface area contributed by atoms with Gasteiger partial charge in [0.25, 0.3) is 5.19 Å². The zero-order chi connectivity index (χ0) is 19.7. The lowest BCUT2D eigenvalue weighted by Gasteiger charge is -2.30. The zero-order valence-corrected chi connectivity index (χ0v) is 16.8. The summed E-state index contributed by atoms with van der Waals surface area (Å²) in [6, 6.07) is 11.1. The van der Waals surface area contributed by atoms with Crippen molar-refractivity contribution in [2.45, 2.75) is 23.8 Å². The minimum Gasteiger partial charge on any atom is -0.497 e. The Labute approximate surface area is 166 Å². The Kier molecular flexibility index (Phi) is 5.22. The van der Waals surface area contributed by atoms with Crippen molar-refractivity contribution in [1.29, 1.82) is 0 Å². The van der Waals surface area contributed by atoms with Crippen LogP contribution in [-0.2, 0) is 10.0 Å². The lowest BCUT2D eigenvalue weighted by molar-refractivity contribution is 0.135. The summed E-state index contributed by atoms with van der Waals surface area (Å²) in [5.41, 5.74) is 0.834. The van der Waals surface area contributed by atoms with Crippen LogP contribution >= 0.6 is 11.3 Å². The molecule has 2 heterocycles. The van der Waals surface area contributed by atoms with Crippen LogP contribution in [0.4, 0.5) is 4.39 Å². The van der Waals surface area contributed by atoms with Crippen molar-refractivity contribution in [3.05, 3.63) is 48.3 Å². The van der Waals surface area contributed by atoms with Crippen LogP contribution in [0.15, 0.2) is 47.4 Å². The number of nitrogens with zero attached hydrogens (tertiary/aromatic N) is 2. The van der Waals surface area contributed by atoms with Gasteiger partial charge in [-0.2, -0.15) is 4.31 Å². The van der Waals surface area contributed by atoms with Gasteiger partial charge in [-0.25, -0.2) is 17.8 Å². The molecule has 3 aromatic rings. The average Bonchev–Trinajstić information content (AvgIpc) is 3.09. The number of halogens is 1. The van der Waals surface area contributed by atoms with E-state index in [0.29, 0.717) is 18.0 Å². The van der Waals surface area contributed by atoms with Crippen LogP contribution in [0.25, 0.3) is 10.2 Å². The molecule has 1 fully saturated rings. The highest BCUT2D eigenvalue weighted by Gasteiger charge is 2.32. The summed E-state index contributed by atoms with van der Waals surface area (Å²) in [6.07, 6.45) is 0.911. The molecule has 0 saturated carbocycles. The fourth-order valence-electron chi connectivity index (χ4n) is 3.19. The molecule has 9 heteroatoms. The minimum absolute atomic E-state index is 0.130. The highest BCUT2D eigenvalue weighted by Crippen LogP contribution is 2.32. The molecule has 1 saturated heterocycles. The van der Waals surface area contributed by atoms with E-state index in [2.05, 4.69) is 4.98 Å². The molecule has 4 rings (SSSR count). The number of rotatable bonds is 5. The van der Waals surface area contributed by atoms with Gasteiger partial charge in [-0.3, -0.25) is 0 Å². The maximum absolute atomic E-state index is 13.9.